The number of aromatic nitrogens is 2. The maximum absolute atomic E-state index is 4.09. The van der Waals surface area contributed by atoms with Crippen molar-refractivity contribution in [3.63, 3.8) is 0 Å². The fourth-order valence-corrected chi connectivity index (χ4v) is 1.61. The summed E-state index contributed by atoms with van der Waals surface area (Å²) in [6, 6.07) is 2.10. The summed E-state index contributed by atoms with van der Waals surface area (Å²) < 4.78 is 0.961. The molecule has 0 aromatic carbocycles. The fraction of sp³-hybridized carbons (Fsp3) is 0.556. The number of hydrogen-bond donors (Lipinski definition) is 0. The van der Waals surface area contributed by atoms with E-state index in [0.29, 0.717) is 0 Å². The van der Waals surface area contributed by atoms with Crippen LogP contribution >= 0.6 is 22.6 Å². The highest BCUT2D eigenvalue weighted by Gasteiger charge is 2.17. The van der Waals surface area contributed by atoms with Crippen LogP contribution < -0.4 is 0 Å². The molecule has 0 atom stereocenters. The van der Waals surface area contributed by atoms with E-state index in [1.165, 1.54) is 5.56 Å². The van der Waals surface area contributed by atoms with E-state index in [1.807, 2.05) is 6.92 Å². The largest absolute Gasteiger partial charge is 0.155 e. The van der Waals surface area contributed by atoms with Crippen LogP contribution in [0.1, 0.15) is 32.0 Å². The highest BCUT2D eigenvalue weighted by Crippen LogP contribution is 2.24. The van der Waals surface area contributed by atoms with Crippen LogP contribution in [0.2, 0.25) is 0 Å². The summed E-state index contributed by atoms with van der Waals surface area (Å²) in [5.74, 6) is 0. The predicted octanol–water partition coefficient (Wildman–Crippen LogP) is 2.69. The molecule has 0 aliphatic carbocycles. The van der Waals surface area contributed by atoms with Gasteiger partial charge >= 0.3 is 0 Å². The number of halogens is 1. The molecule has 1 heterocycles. The molecule has 0 bridgehead atoms. The summed E-state index contributed by atoms with van der Waals surface area (Å²) in [6.45, 7) is 8.57. The molecule has 1 rings (SSSR count). The Morgan fingerprint density at radius 1 is 1.25 bits per heavy atom. The van der Waals surface area contributed by atoms with Gasteiger partial charge in [-0.15, -0.1) is 5.10 Å². The zero-order valence-corrected chi connectivity index (χ0v) is 10.0. The third-order valence-electron chi connectivity index (χ3n) is 1.76. The van der Waals surface area contributed by atoms with E-state index in [1.54, 1.807) is 0 Å². The highest BCUT2D eigenvalue weighted by molar-refractivity contribution is 14.1. The molecule has 0 spiro atoms. The molecular weight excluding hydrogens is 263 g/mol. The molecule has 66 valence electrons. The summed E-state index contributed by atoms with van der Waals surface area (Å²) in [6.07, 6.45) is 0. The first-order valence-corrected chi connectivity index (χ1v) is 4.99. The van der Waals surface area contributed by atoms with Crippen LogP contribution in [0, 0.1) is 10.6 Å². The zero-order chi connectivity index (χ0) is 9.35. The molecular formula is C9H13IN2. The molecule has 0 fully saturated rings. The van der Waals surface area contributed by atoms with Crippen LogP contribution in [-0.2, 0) is 5.41 Å². The van der Waals surface area contributed by atoms with Gasteiger partial charge in [0.05, 0.1) is 5.69 Å². The van der Waals surface area contributed by atoms with Crippen molar-refractivity contribution in [1.29, 1.82) is 0 Å². The summed E-state index contributed by atoms with van der Waals surface area (Å²) in [4.78, 5) is 0. The molecule has 0 amide bonds. The second-order valence-corrected chi connectivity index (χ2v) is 5.02. The first-order valence-electron chi connectivity index (χ1n) is 3.91. The van der Waals surface area contributed by atoms with Crippen molar-refractivity contribution in [3.05, 3.63) is 21.0 Å². The van der Waals surface area contributed by atoms with Gasteiger partial charge in [0, 0.05) is 0 Å². The van der Waals surface area contributed by atoms with Crippen LogP contribution in [0.15, 0.2) is 6.07 Å². The second-order valence-electron chi connectivity index (χ2n) is 3.92. The zero-order valence-electron chi connectivity index (χ0n) is 7.85. The Morgan fingerprint density at radius 3 is 2.25 bits per heavy atom. The van der Waals surface area contributed by atoms with E-state index in [-0.39, 0.29) is 5.41 Å². The topological polar surface area (TPSA) is 25.8 Å². The Balaban J connectivity index is 3.23. The predicted molar refractivity (Wildman–Crippen MR) is 58.2 cm³/mol. The van der Waals surface area contributed by atoms with Crippen LogP contribution in [0.3, 0.4) is 0 Å². The monoisotopic (exact) mass is 276 g/mol. The summed E-state index contributed by atoms with van der Waals surface area (Å²) in [5, 5.41) is 8.08. The third-order valence-corrected chi connectivity index (χ3v) is 2.28. The van der Waals surface area contributed by atoms with Crippen molar-refractivity contribution in [2.24, 2.45) is 0 Å². The first kappa shape index (κ1) is 9.89. The van der Waals surface area contributed by atoms with Crippen molar-refractivity contribution >= 4 is 22.6 Å². The minimum absolute atomic E-state index is 0.167. The molecule has 0 aliphatic rings. The quantitative estimate of drug-likeness (QED) is 0.681. The van der Waals surface area contributed by atoms with E-state index < -0.39 is 0 Å². The van der Waals surface area contributed by atoms with Crippen molar-refractivity contribution in [1.82, 2.24) is 10.2 Å². The molecule has 0 radical (unpaired) electrons. The number of nitrogens with zero attached hydrogens (tertiary/aromatic N) is 2. The lowest BCUT2D eigenvalue weighted by atomic mass is 9.86. The molecule has 1 aromatic rings. The van der Waals surface area contributed by atoms with Gasteiger partial charge in [-0.2, -0.15) is 5.10 Å². The van der Waals surface area contributed by atoms with Crippen molar-refractivity contribution in [2.45, 2.75) is 33.1 Å². The van der Waals surface area contributed by atoms with Crippen molar-refractivity contribution in [3.8, 4) is 0 Å². The Labute approximate surface area is 86.9 Å². The molecule has 3 heteroatoms. The van der Waals surface area contributed by atoms with Crippen molar-refractivity contribution in [2.75, 3.05) is 0 Å². The summed E-state index contributed by atoms with van der Waals surface area (Å²) >= 11 is 2.19. The summed E-state index contributed by atoms with van der Waals surface area (Å²) in [7, 11) is 0. The molecule has 2 nitrogen and oxygen atoms in total. The lowest BCUT2D eigenvalue weighted by molar-refractivity contribution is 0.577. The van der Waals surface area contributed by atoms with Gasteiger partial charge in [-0.3, -0.25) is 0 Å². The fourth-order valence-electron chi connectivity index (χ4n) is 1.19. The summed E-state index contributed by atoms with van der Waals surface area (Å²) in [5.41, 5.74) is 2.48. The molecule has 12 heavy (non-hydrogen) atoms. The van der Waals surface area contributed by atoms with Crippen molar-refractivity contribution < 1.29 is 0 Å². The molecule has 0 unspecified atom stereocenters. The molecule has 1 aromatic heterocycles. The van der Waals surface area contributed by atoms with Gasteiger partial charge in [0.25, 0.3) is 0 Å². The van der Waals surface area contributed by atoms with Gasteiger partial charge in [0.15, 0.2) is 0 Å². The molecule has 0 aliphatic heterocycles. The standard InChI is InChI=1S/C9H13IN2/c1-6-7(9(2,3)4)5-8(10)12-11-6/h5H,1-4H3. The van der Waals surface area contributed by atoms with Crippen LogP contribution in [-0.4, -0.2) is 10.2 Å². The van der Waals surface area contributed by atoms with E-state index in [4.69, 9.17) is 0 Å². The van der Waals surface area contributed by atoms with Gasteiger partial charge in [0.2, 0.25) is 0 Å². The van der Waals surface area contributed by atoms with E-state index in [9.17, 15) is 0 Å². The van der Waals surface area contributed by atoms with Gasteiger partial charge < -0.3 is 0 Å². The van der Waals surface area contributed by atoms with Crippen LogP contribution in [0.5, 0.6) is 0 Å². The third kappa shape index (κ3) is 2.15. The smallest absolute Gasteiger partial charge is 0.124 e. The highest BCUT2D eigenvalue weighted by atomic mass is 127. The maximum atomic E-state index is 4.09. The lowest BCUT2D eigenvalue weighted by Crippen LogP contribution is -2.15. The van der Waals surface area contributed by atoms with E-state index in [0.717, 1.165) is 9.39 Å². The van der Waals surface area contributed by atoms with Gasteiger partial charge in [0.1, 0.15) is 3.70 Å². The van der Waals surface area contributed by atoms with E-state index >= 15 is 0 Å². The minimum atomic E-state index is 0.167. The van der Waals surface area contributed by atoms with E-state index in [2.05, 4.69) is 59.6 Å². The average Bonchev–Trinajstić information content (AvgIpc) is 1.92. The van der Waals surface area contributed by atoms with Crippen LogP contribution in [0.25, 0.3) is 0 Å². The Hall–Kier alpha value is -0.190. The molecule has 0 N–H and O–H groups in total. The first-order chi connectivity index (χ1) is 5.41. The van der Waals surface area contributed by atoms with Gasteiger partial charge in [-0.1, -0.05) is 20.8 Å². The Bertz CT molecular complexity index is 289. The normalized spacial score (nSPS) is 11.8. The van der Waals surface area contributed by atoms with Crippen LogP contribution in [0.4, 0.5) is 0 Å². The van der Waals surface area contributed by atoms with Gasteiger partial charge in [-0.25, -0.2) is 0 Å². The Kier molecular flexibility index (Phi) is 2.70. The number of rotatable bonds is 0. The average molecular weight is 276 g/mol. The second kappa shape index (κ2) is 3.28. The minimum Gasteiger partial charge on any atom is -0.155 e. The lowest BCUT2D eigenvalue weighted by Gasteiger charge is -2.20. The molecule has 0 saturated heterocycles. The molecule has 0 saturated carbocycles. The SMILES string of the molecule is Cc1nnc(I)cc1C(C)(C)C. The van der Waals surface area contributed by atoms with Gasteiger partial charge in [-0.05, 0) is 46.6 Å². The number of aryl methyl sites for hydroxylation is 1. The maximum Gasteiger partial charge on any atom is 0.124 e. The Morgan fingerprint density at radius 2 is 1.83 bits per heavy atom. The number of hydrogen-bond acceptors (Lipinski definition) is 2.